The maximum Gasteiger partial charge on any atom is 0.573 e. The van der Waals surface area contributed by atoms with Gasteiger partial charge >= 0.3 is 6.36 Å². The highest BCUT2D eigenvalue weighted by atomic mass is 19.4. The molecule has 0 aliphatic heterocycles. The lowest BCUT2D eigenvalue weighted by atomic mass is 10.3. The minimum Gasteiger partial charge on any atom is -0.457 e. The van der Waals surface area contributed by atoms with Crippen molar-refractivity contribution < 1.29 is 27.4 Å². The van der Waals surface area contributed by atoms with Crippen LogP contribution in [0.5, 0.6) is 17.2 Å². The summed E-state index contributed by atoms with van der Waals surface area (Å²) in [7, 11) is 0. The van der Waals surface area contributed by atoms with E-state index in [-0.39, 0.29) is 18.2 Å². The van der Waals surface area contributed by atoms with Gasteiger partial charge in [-0.1, -0.05) is 6.07 Å². The topological polar surface area (TPSA) is 84.8 Å². The summed E-state index contributed by atoms with van der Waals surface area (Å²) in [4.78, 5) is 15.8. The third-order valence-electron chi connectivity index (χ3n) is 3.69. The molecule has 0 saturated heterocycles. The first-order chi connectivity index (χ1) is 14.9. The van der Waals surface area contributed by atoms with E-state index >= 15 is 0 Å². The summed E-state index contributed by atoms with van der Waals surface area (Å²) in [5.74, 6) is 0.0743. The minimum absolute atomic E-state index is 0.0272. The number of ether oxygens (including phenoxy) is 2. The van der Waals surface area contributed by atoms with E-state index < -0.39 is 6.36 Å². The molecule has 7 nitrogen and oxygen atoms in total. The number of hydrogen-bond donors (Lipinski definition) is 2. The zero-order chi connectivity index (χ0) is 22.1. The fourth-order valence-corrected chi connectivity index (χ4v) is 2.37. The number of benzene rings is 2. The van der Waals surface area contributed by atoms with Gasteiger partial charge in [0.2, 0.25) is 0 Å². The summed E-state index contributed by atoms with van der Waals surface area (Å²) in [5, 5.41) is 6.79. The molecule has 0 bridgehead atoms. The van der Waals surface area contributed by atoms with Gasteiger partial charge in [0.1, 0.15) is 17.2 Å². The van der Waals surface area contributed by atoms with Crippen LogP contribution in [0.4, 0.5) is 18.9 Å². The molecule has 0 aliphatic carbocycles. The second-order valence-electron chi connectivity index (χ2n) is 6.08. The van der Waals surface area contributed by atoms with Gasteiger partial charge in [0.05, 0.1) is 12.8 Å². The summed E-state index contributed by atoms with van der Waals surface area (Å²) in [6.45, 7) is -0.0272. The van der Waals surface area contributed by atoms with Crippen LogP contribution >= 0.6 is 0 Å². The summed E-state index contributed by atoms with van der Waals surface area (Å²) in [6, 6.07) is 15.3. The molecular weight excluding hydrogens is 413 g/mol. The molecule has 0 saturated carbocycles. The molecule has 1 amide bonds. The predicted molar refractivity (Wildman–Crippen MR) is 108 cm³/mol. The van der Waals surface area contributed by atoms with Crippen LogP contribution in [0, 0.1) is 0 Å². The lowest BCUT2D eigenvalue weighted by molar-refractivity contribution is -0.274. The van der Waals surface area contributed by atoms with Crippen LogP contribution in [0.3, 0.4) is 0 Å². The first-order valence-electron chi connectivity index (χ1n) is 8.97. The highest BCUT2D eigenvalue weighted by Crippen LogP contribution is 2.28. The molecule has 0 radical (unpaired) electrons. The molecule has 0 fully saturated rings. The monoisotopic (exact) mass is 430 g/mol. The number of hydrazone groups is 1. The second kappa shape index (κ2) is 10.1. The van der Waals surface area contributed by atoms with E-state index in [1.165, 1.54) is 18.3 Å². The van der Waals surface area contributed by atoms with Crippen LogP contribution in [0.25, 0.3) is 0 Å². The molecule has 1 heterocycles. The molecule has 0 aliphatic rings. The maximum absolute atomic E-state index is 12.2. The SMILES string of the molecule is O=C(CNc1cccc(Oc2ccc(OC(F)(F)F)cc2)c1)N/N=C/c1ccncc1. The van der Waals surface area contributed by atoms with Crippen LogP contribution in [-0.2, 0) is 4.79 Å². The zero-order valence-corrected chi connectivity index (χ0v) is 16.0. The van der Waals surface area contributed by atoms with E-state index in [4.69, 9.17) is 4.74 Å². The average Bonchev–Trinajstić information content (AvgIpc) is 2.74. The van der Waals surface area contributed by atoms with Crippen molar-refractivity contribution >= 4 is 17.8 Å². The molecule has 10 heteroatoms. The third-order valence-corrected chi connectivity index (χ3v) is 3.69. The van der Waals surface area contributed by atoms with Crippen molar-refractivity contribution in [2.45, 2.75) is 6.36 Å². The molecule has 31 heavy (non-hydrogen) atoms. The van der Waals surface area contributed by atoms with Gasteiger partial charge in [0.15, 0.2) is 0 Å². The third kappa shape index (κ3) is 7.69. The number of alkyl halides is 3. The van der Waals surface area contributed by atoms with Gasteiger partial charge in [-0.2, -0.15) is 5.10 Å². The van der Waals surface area contributed by atoms with Gasteiger partial charge in [-0.05, 0) is 54.1 Å². The number of carbonyl (C=O) groups is 1. The summed E-state index contributed by atoms with van der Waals surface area (Å²) >= 11 is 0. The second-order valence-corrected chi connectivity index (χ2v) is 6.08. The van der Waals surface area contributed by atoms with Crippen molar-refractivity contribution in [1.82, 2.24) is 10.4 Å². The van der Waals surface area contributed by atoms with Crippen LogP contribution < -0.4 is 20.2 Å². The van der Waals surface area contributed by atoms with E-state index in [2.05, 4.69) is 25.6 Å². The molecule has 2 aromatic carbocycles. The molecule has 160 valence electrons. The van der Waals surface area contributed by atoms with Crippen LogP contribution in [0.1, 0.15) is 5.56 Å². The van der Waals surface area contributed by atoms with Crippen molar-refractivity contribution in [1.29, 1.82) is 0 Å². The largest absolute Gasteiger partial charge is 0.573 e. The number of anilines is 1. The van der Waals surface area contributed by atoms with Crippen LogP contribution in [-0.4, -0.2) is 30.0 Å². The molecule has 0 spiro atoms. The highest BCUT2D eigenvalue weighted by Gasteiger charge is 2.30. The lowest BCUT2D eigenvalue weighted by Crippen LogP contribution is -2.25. The van der Waals surface area contributed by atoms with Crippen molar-refractivity contribution in [2.24, 2.45) is 5.10 Å². The number of amides is 1. The van der Waals surface area contributed by atoms with E-state index in [9.17, 15) is 18.0 Å². The first kappa shape index (κ1) is 21.6. The van der Waals surface area contributed by atoms with Gasteiger partial charge in [-0.25, -0.2) is 5.43 Å². The van der Waals surface area contributed by atoms with Crippen molar-refractivity contribution in [3.63, 3.8) is 0 Å². The number of carbonyl (C=O) groups excluding carboxylic acids is 1. The molecule has 3 rings (SSSR count). The predicted octanol–water partition coefficient (Wildman–Crippen LogP) is 4.33. The smallest absolute Gasteiger partial charge is 0.457 e. The summed E-state index contributed by atoms with van der Waals surface area (Å²) in [6.07, 6.45) is -0.0208. The first-order valence-corrected chi connectivity index (χ1v) is 8.97. The average molecular weight is 430 g/mol. The number of halogens is 3. The number of pyridine rings is 1. The number of nitrogens with zero attached hydrogens (tertiary/aromatic N) is 2. The number of rotatable bonds is 8. The zero-order valence-electron chi connectivity index (χ0n) is 16.0. The van der Waals surface area contributed by atoms with Crippen LogP contribution in [0.15, 0.2) is 78.2 Å². The fourth-order valence-electron chi connectivity index (χ4n) is 2.37. The lowest BCUT2D eigenvalue weighted by Gasteiger charge is -2.11. The van der Waals surface area contributed by atoms with E-state index in [1.807, 2.05) is 0 Å². The molecule has 1 aromatic heterocycles. The van der Waals surface area contributed by atoms with Gasteiger partial charge in [-0.3, -0.25) is 9.78 Å². The molecule has 3 aromatic rings. The van der Waals surface area contributed by atoms with Crippen molar-refractivity contribution in [3.05, 3.63) is 78.6 Å². The number of aromatic nitrogens is 1. The van der Waals surface area contributed by atoms with Crippen molar-refractivity contribution in [2.75, 3.05) is 11.9 Å². The quantitative estimate of drug-likeness (QED) is 0.410. The van der Waals surface area contributed by atoms with Gasteiger partial charge in [-0.15, -0.1) is 13.2 Å². The summed E-state index contributed by atoms with van der Waals surface area (Å²) in [5.41, 5.74) is 3.81. The van der Waals surface area contributed by atoms with Gasteiger partial charge in [0.25, 0.3) is 5.91 Å². The van der Waals surface area contributed by atoms with E-state index in [0.717, 1.165) is 17.7 Å². The van der Waals surface area contributed by atoms with Crippen LogP contribution in [0.2, 0.25) is 0 Å². The molecule has 0 unspecified atom stereocenters. The fraction of sp³-hybridized carbons (Fsp3) is 0.0952. The molecular formula is C21H17F3N4O3. The Bertz CT molecular complexity index is 1030. The Balaban J connectivity index is 1.49. The Kier molecular flexibility index (Phi) is 7.05. The normalized spacial score (nSPS) is 11.2. The Morgan fingerprint density at radius 3 is 2.42 bits per heavy atom. The molecule has 0 atom stereocenters. The van der Waals surface area contributed by atoms with Gasteiger partial charge in [0, 0.05) is 24.1 Å². The van der Waals surface area contributed by atoms with E-state index in [1.54, 1.807) is 48.8 Å². The summed E-state index contributed by atoms with van der Waals surface area (Å²) < 4.78 is 46.1. The minimum atomic E-state index is -4.75. The Labute approximate surface area is 175 Å². The number of nitrogens with one attached hydrogen (secondary N) is 2. The molecule has 2 N–H and O–H groups in total. The number of hydrogen-bond acceptors (Lipinski definition) is 6. The highest BCUT2D eigenvalue weighted by molar-refractivity contribution is 5.84. The Morgan fingerprint density at radius 1 is 1.00 bits per heavy atom. The standard InChI is InChI=1S/C21H17F3N4O3/c22-21(23,24)31-18-6-4-17(5-7-18)30-19-3-1-2-16(12-19)26-14-20(29)28-27-13-15-8-10-25-11-9-15/h1-13,26H,14H2,(H,28,29)/b27-13+. The van der Waals surface area contributed by atoms with E-state index in [0.29, 0.717) is 17.2 Å². The van der Waals surface area contributed by atoms with Gasteiger partial charge < -0.3 is 14.8 Å². The Morgan fingerprint density at radius 2 is 1.71 bits per heavy atom. The Hall–Kier alpha value is -4.08. The van der Waals surface area contributed by atoms with Crippen molar-refractivity contribution in [3.8, 4) is 17.2 Å². The maximum atomic E-state index is 12.2.